The molecule has 3 nitrogen and oxygen atoms in total. The van der Waals surface area contributed by atoms with Crippen LogP contribution in [0.2, 0.25) is 0 Å². The molecule has 0 spiro atoms. The van der Waals surface area contributed by atoms with Crippen molar-refractivity contribution in [3.63, 3.8) is 0 Å². The van der Waals surface area contributed by atoms with Crippen LogP contribution < -0.4 is 0 Å². The average Bonchev–Trinajstić information content (AvgIpc) is 2.73. The molecule has 0 aliphatic heterocycles. The van der Waals surface area contributed by atoms with Crippen molar-refractivity contribution in [2.75, 3.05) is 0 Å². The Kier molecular flexibility index (Phi) is 3.32. The van der Waals surface area contributed by atoms with E-state index in [0.29, 0.717) is 6.07 Å². The molecule has 0 bridgehead atoms. The van der Waals surface area contributed by atoms with Crippen LogP contribution in [0.4, 0.5) is 17.6 Å². The minimum absolute atomic E-state index is 0.207. The summed E-state index contributed by atoms with van der Waals surface area (Å²) in [4.78, 5) is 0. The van der Waals surface area contributed by atoms with Crippen molar-refractivity contribution in [2.45, 2.75) is 12.3 Å². The molecular weight excluding hydrogens is 264 g/mol. The maximum absolute atomic E-state index is 13.8. The Morgan fingerprint density at radius 1 is 1.26 bits per heavy atom. The second-order valence-electron chi connectivity index (χ2n) is 3.99. The maximum Gasteiger partial charge on any atom is 0.419 e. The fraction of sp³-hybridized carbons (Fsp3) is 0.250. The number of aromatic nitrogens is 2. The minimum atomic E-state index is -4.80. The van der Waals surface area contributed by atoms with Gasteiger partial charge in [0.15, 0.2) is 0 Å². The van der Waals surface area contributed by atoms with Crippen molar-refractivity contribution in [2.24, 2.45) is 7.05 Å². The largest absolute Gasteiger partial charge is 0.419 e. The van der Waals surface area contributed by atoms with E-state index in [1.807, 2.05) is 0 Å². The number of halogens is 4. The van der Waals surface area contributed by atoms with E-state index < -0.39 is 29.2 Å². The first kappa shape index (κ1) is 13.5. The number of hydrogen-bond donors (Lipinski definition) is 1. The zero-order chi connectivity index (χ0) is 14.2. The molecular formula is C12H10F4N2O. The Balaban J connectivity index is 2.50. The van der Waals surface area contributed by atoms with Gasteiger partial charge in [-0.2, -0.15) is 18.3 Å². The van der Waals surface area contributed by atoms with Crippen LogP contribution >= 0.6 is 0 Å². The molecule has 2 aromatic rings. The van der Waals surface area contributed by atoms with Gasteiger partial charge < -0.3 is 5.11 Å². The van der Waals surface area contributed by atoms with Gasteiger partial charge in [0.25, 0.3) is 0 Å². The lowest BCUT2D eigenvalue weighted by atomic mass is 10.0. The van der Waals surface area contributed by atoms with Gasteiger partial charge in [-0.05, 0) is 12.1 Å². The zero-order valence-corrected chi connectivity index (χ0v) is 9.82. The molecule has 0 saturated heterocycles. The molecule has 0 fully saturated rings. The van der Waals surface area contributed by atoms with Gasteiger partial charge in [-0.3, -0.25) is 4.68 Å². The highest BCUT2D eigenvalue weighted by Crippen LogP contribution is 2.35. The number of nitrogens with zero attached hydrogens (tertiary/aromatic N) is 2. The normalized spacial score (nSPS) is 13.6. The van der Waals surface area contributed by atoms with Crippen LogP contribution in [0.1, 0.15) is 22.9 Å². The van der Waals surface area contributed by atoms with Gasteiger partial charge in [-0.25, -0.2) is 4.39 Å². The summed E-state index contributed by atoms with van der Waals surface area (Å²) < 4.78 is 52.8. The van der Waals surface area contributed by atoms with E-state index in [1.54, 1.807) is 0 Å². The van der Waals surface area contributed by atoms with Crippen molar-refractivity contribution in [3.8, 4) is 0 Å². The van der Waals surface area contributed by atoms with Gasteiger partial charge in [0, 0.05) is 18.8 Å². The monoisotopic (exact) mass is 274 g/mol. The second kappa shape index (κ2) is 4.65. The second-order valence-corrected chi connectivity index (χ2v) is 3.99. The summed E-state index contributed by atoms with van der Waals surface area (Å²) in [5, 5.41) is 13.7. The van der Waals surface area contributed by atoms with Crippen molar-refractivity contribution < 1.29 is 22.7 Å². The van der Waals surface area contributed by atoms with E-state index in [1.165, 1.54) is 24.0 Å². The van der Waals surface area contributed by atoms with Crippen molar-refractivity contribution in [3.05, 3.63) is 53.1 Å². The first-order valence-corrected chi connectivity index (χ1v) is 5.34. The molecule has 1 heterocycles. The van der Waals surface area contributed by atoms with E-state index >= 15 is 0 Å². The third-order valence-electron chi connectivity index (χ3n) is 2.77. The Hall–Kier alpha value is -1.89. The predicted octanol–water partition coefficient (Wildman–Crippen LogP) is 2.66. The van der Waals surface area contributed by atoms with Crippen molar-refractivity contribution in [1.82, 2.24) is 9.78 Å². The van der Waals surface area contributed by atoms with Crippen LogP contribution in [0.5, 0.6) is 0 Å². The lowest BCUT2D eigenvalue weighted by Crippen LogP contribution is -2.13. The summed E-state index contributed by atoms with van der Waals surface area (Å²) in [5.41, 5.74) is -1.62. The number of benzene rings is 1. The summed E-state index contributed by atoms with van der Waals surface area (Å²) in [5.74, 6) is -1.47. The summed E-state index contributed by atoms with van der Waals surface area (Å²) >= 11 is 0. The highest BCUT2D eigenvalue weighted by atomic mass is 19.4. The van der Waals surface area contributed by atoms with Crippen LogP contribution in [-0.4, -0.2) is 14.9 Å². The van der Waals surface area contributed by atoms with E-state index in [2.05, 4.69) is 5.10 Å². The number of rotatable bonds is 2. The first-order valence-electron chi connectivity index (χ1n) is 5.34. The number of aryl methyl sites for hydroxylation is 1. The molecule has 1 N–H and O–H groups in total. The SMILES string of the molecule is Cn1nccc1C(O)c1cccc(C(F)(F)F)c1F. The van der Waals surface area contributed by atoms with Crippen LogP contribution in [0, 0.1) is 5.82 Å². The maximum atomic E-state index is 13.8. The van der Waals surface area contributed by atoms with Crippen LogP contribution in [0.3, 0.4) is 0 Å². The summed E-state index contributed by atoms with van der Waals surface area (Å²) in [6.45, 7) is 0. The number of aliphatic hydroxyl groups excluding tert-OH is 1. The van der Waals surface area contributed by atoms with Crippen molar-refractivity contribution in [1.29, 1.82) is 0 Å². The standard InChI is InChI=1S/C12H10F4N2O/c1-18-9(5-6-17-18)11(19)7-3-2-4-8(10(7)13)12(14,15)16/h2-6,11,19H,1H3. The molecule has 0 aliphatic carbocycles. The van der Waals surface area contributed by atoms with Gasteiger partial charge in [0.05, 0.1) is 11.3 Å². The Bertz CT molecular complexity index is 592. The van der Waals surface area contributed by atoms with E-state index in [9.17, 15) is 22.7 Å². The van der Waals surface area contributed by atoms with E-state index in [-0.39, 0.29) is 5.69 Å². The van der Waals surface area contributed by atoms with Gasteiger partial charge in [0.2, 0.25) is 0 Å². The lowest BCUT2D eigenvalue weighted by Gasteiger charge is -2.15. The highest BCUT2D eigenvalue weighted by Gasteiger charge is 2.36. The van der Waals surface area contributed by atoms with Crippen LogP contribution in [0.15, 0.2) is 30.5 Å². The third-order valence-corrected chi connectivity index (χ3v) is 2.77. The third kappa shape index (κ3) is 2.46. The highest BCUT2D eigenvalue weighted by molar-refractivity contribution is 5.33. The summed E-state index contributed by atoms with van der Waals surface area (Å²) in [6, 6.07) is 4.21. The molecule has 0 amide bonds. The smallest absolute Gasteiger partial charge is 0.382 e. The molecule has 1 aromatic carbocycles. The van der Waals surface area contributed by atoms with E-state index in [0.717, 1.165) is 12.1 Å². The topological polar surface area (TPSA) is 38.0 Å². The lowest BCUT2D eigenvalue weighted by molar-refractivity contribution is -0.140. The zero-order valence-electron chi connectivity index (χ0n) is 9.82. The quantitative estimate of drug-likeness (QED) is 0.855. The molecule has 2 rings (SSSR count). The van der Waals surface area contributed by atoms with Gasteiger partial charge in [-0.15, -0.1) is 0 Å². The van der Waals surface area contributed by atoms with E-state index in [4.69, 9.17) is 0 Å². The molecule has 1 atom stereocenters. The number of aliphatic hydroxyl groups is 1. The Labute approximate surface area is 106 Å². The van der Waals surface area contributed by atoms with Crippen LogP contribution in [-0.2, 0) is 13.2 Å². The molecule has 0 aliphatic rings. The van der Waals surface area contributed by atoms with Crippen LogP contribution in [0.25, 0.3) is 0 Å². The number of alkyl halides is 3. The molecule has 19 heavy (non-hydrogen) atoms. The Morgan fingerprint density at radius 2 is 1.95 bits per heavy atom. The molecule has 102 valence electrons. The molecule has 7 heteroatoms. The molecule has 1 aromatic heterocycles. The predicted molar refractivity (Wildman–Crippen MR) is 58.7 cm³/mol. The summed E-state index contributed by atoms with van der Waals surface area (Å²) in [6.07, 6.45) is -4.94. The first-order chi connectivity index (χ1) is 8.82. The van der Waals surface area contributed by atoms with Gasteiger partial charge in [0.1, 0.15) is 11.9 Å². The average molecular weight is 274 g/mol. The fourth-order valence-electron chi connectivity index (χ4n) is 1.79. The van der Waals surface area contributed by atoms with Crippen molar-refractivity contribution >= 4 is 0 Å². The molecule has 1 unspecified atom stereocenters. The fourth-order valence-corrected chi connectivity index (χ4v) is 1.79. The Morgan fingerprint density at radius 3 is 2.47 bits per heavy atom. The molecule has 0 radical (unpaired) electrons. The number of hydrogen-bond acceptors (Lipinski definition) is 2. The molecule has 0 saturated carbocycles. The van der Waals surface area contributed by atoms with Gasteiger partial charge >= 0.3 is 6.18 Å². The minimum Gasteiger partial charge on any atom is -0.382 e. The summed E-state index contributed by atoms with van der Waals surface area (Å²) in [7, 11) is 1.50. The van der Waals surface area contributed by atoms with Gasteiger partial charge in [-0.1, -0.05) is 12.1 Å².